The molecule has 0 atom stereocenters. The minimum Gasteiger partial charge on any atom is -0.507 e. The average molecular weight is 366 g/mol. The van der Waals surface area contributed by atoms with Crippen LogP contribution in [0.1, 0.15) is 5.56 Å². The third kappa shape index (κ3) is 3.22. The van der Waals surface area contributed by atoms with Crippen molar-refractivity contribution in [1.82, 2.24) is 0 Å². The van der Waals surface area contributed by atoms with Gasteiger partial charge in [0.05, 0.1) is 10.6 Å². The second-order valence-corrected chi connectivity index (χ2v) is 6.57. The summed E-state index contributed by atoms with van der Waals surface area (Å²) in [7, 11) is 0. The summed E-state index contributed by atoms with van der Waals surface area (Å²) < 4.78 is 0. The van der Waals surface area contributed by atoms with Crippen molar-refractivity contribution in [2.75, 3.05) is 4.90 Å². The molecule has 0 bridgehead atoms. The number of hydrogen-bond acceptors (Lipinski definition) is 4. The Balaban J connectivity index is 1.98. The Morgan fingerprint density at radius 3 is 2.52 bits per heavy atom. The van der Waals surface area contributed by atoms with Crippen molar-refractivity contribution in [2.45, 2.75) is 0 Å². The maximum atomic E-state index is 12.5. The summed E-state index contributed by atoms with van der Waals surface area (Å²) in [6.45, 7) is 0. The molecule has 23 heavy (non-hydrogen) atoms. The monoisotopic (exact) mass is 365 g/mol. The first-order valence-corrected chi connectivity index (χ1v) is 8.05. The second-order valence-electron chi connectivity index (χ2n) is 4.70. The Morgan fingerprint density at radius 1 is 1.04 bits per heavy atom. The van der Waals surface area contributed by atoms with E-state index in [0.717, 1.165) is 16.7 Å². The lowest BCUT2D eigenvalue weighted by Gasteiger charge is -2.12. The number of nitrogens with zero attached hydrogens (tertiary/aromatic N) is 1. The zero-order chi connectivity index (χ0) is 16.6. The maximum absolute atomic E-state index is 12.5. The number of thioether (sulfide) groups is 1. The highest BCUT2D eigenvalue weighted by molar-refractivity contribution is 8.19. The molecular weight excluding hydrogens is 357 g/mol. The molecule has 0 spiro atoms. The van der Waals surface area contributed by atoms with Gasteiger partial charge in [-0.2, -0.15) is 0 Å². The van der Waals surface area contributed by atoms with Gasteiger partial charge in [0.2, 0.25) is 0 Å². The molecule has 0 saturated carbocycles. The first kappa shape index (κ1) is 15.9. The second kappa shape index (κ2) is 6.28. The predicted octanol–water partition coefficient (Wildman–Crippen LogP) is 4.94. The Labute approximate surface area is 146 Å². The summed E-state index contributed by atoms with van der Waals surface area (Å²) in [5.41, 5.74) is 0.771. The van der Waals surface area contributed by atoms with Gasteiger partial charge in [-0.3, -0.25) is 9.59 Å². The van der Waals surface area contributed by atoms with Crippen LogP contribution in [-0.4, -0.2) is 16.3 Å². The summed E-state index contributed by atoms with van der Waals surface area (Å²) in [5.74, 6) is -0.495. The van der Waals surface area contributed by atoms with Crippen LogP contribution in [0.2, 0.25) is 10.0 Å². The molecular formula is C16H9Cl2NO3S. The van der Waals surface area contributed by atoms with Crippen LogP contribution >= 0.6 is 35.0 Å². The summed E-state index contributed by atoms with van der Waals surface area (Å²) in [6, 6.07) is 11.0. The van der Waals surface area contributed by atoms with Gasteiger partial charge >= 0.3 is 0 Å². The van der Waals surface area contributed by atoms with E-state index in [1.54, 1.807) is 18.2 Å². The highest BCUT2D eigenvalue weighted by Crippen LogP contribution is 2.37. The molecule has 4 nitrogen and oxygen atoms in total. The van der Waals surface area contributed by atoms with Gasteiger partial charge in [-0.05, 0) is 54.2 Å². The number of aromatic hydroxyl groups is 1. The van der Waals surface area contributed by atoms with Crippen molar-refractivity contribution in [1.29, 1.82) is 0 Å². The van der Waals surface area contributed by atoms with Crippen LogP contribution in [-0.2, 0) is 4.79 Å². The normalized spacial score (nSPS) is 16.4. The lowest BCUT2D eigenvalue weighted by Crippen LogP contribution is -2.27. The highest BCUT2D eigenvalue weighted by Gasteiger charge is 2.36. The van der Waals surface area contributed by atoms with Crippen LogP contribution in [0.4, 0.5) is 10.5 Å². The van der Waals surface area contributed by atoms with E-state index >= 15 is 0 Å². The van der Waals surface area contributed by atoms with E-state index in [1.807, 2.05) is 0 Å². The smallest absolute Gasteiger partial charge is 0.298 e. The Bertz CT molecular complexity index is 851. The van der Waals surface area contributed by atoms with E-state index < -0.39 is 11.1 Å². The molecule has 2 aromatic carbocycles. The summed E-state index contributed by atoms with van der Waals surface area (Å²) in [5, 5.41) is 10.2. The molecule has 1 fully saturated rings. The maximum Gasteiger partial charge on any atom is 0.298 e. The molecule has 7 heteroatoms. The largest absolute Gasteiger partial charge is 0.507 e. The number of benzene rings is 2. The summed E-state index contributed by atoms with van der Waals surface area (Å²) in [4.78, 5) is 25.9. The Kier molecular flexibility index (Phi) is 4.35. The molecule has 1 heterocycles. The van der Waals surface area contributed by atoms with Crippen molar-refractivity contribution in [3.63, 3.8) is 0 Å². The number of rotatable bonds is 2. The molecule has 1 aliphatic rings. The first-order chi connectivity index (χ1) is 11.0. The van der Waals surface area contributed by atoms with Crippen LogP contribution in [0, 0.1) is 0 Å². The Hall–Kier alpha value is -1.95. The fraction of sp³-hybridized carbons (Fsp3) is 0. The molecule has 0 radical (unpaired) electrons. The number of anilines is 1. The summed E-state index contributed by atoms with van der Waals surface area (Å²) in [6.07, 6.45) is 1.44. The minimum absolute atomic E-state index is 0.0241. The number of phenols is 1. The van der Waals surface area contributed by atoms with Gasteiger partial charge in [0.1, 0.15) is 5.75 Å². The molecule has 0 aliphatic carbocycles. The van der Waals surface area contributed by atoms with E-state index in [9.17, 15) is 14.7 Å². The van der Waals surface area contributed by atoms with Crippen molar-refractivity contribution in [3.05, 3.63) is 63.0 Å². The van der Waals surface area contributed by atoms with E-state index in [-0.39, 0.29) is 10.7 Å². The molecule has 1 aliphatic heterocycles. The van der Waals surface area contributed by atoms with Gasteiger partial charge in [-0.15, -0.1) is 0 Å². The molecule has 2 aromatic rings. The number of hydrogen-bond donors (Lipinski definition) is 1. The quantitative estimate of drug-likeness (QED) is 0.765. The number of carbonyl (C=O) groups is 2. The van der Waals surface area contributed by atoms with E-state index in [1.165, 1.54) is 30.3 Å². The fourth-order valence-electron chi connectivity index (χ4n) is 2.09. The number of halogens is 2. The molecule has 0 unspecified atom stereocenters. The lowest BCUT2D eigenvalue weighted by atomic mass is 10.2. The van der Waals surface area contributed by atoms with Gasteiger partial charge in [-0.1, -0.05) is 29.3 Å². The fourth-order valence-corrected chi connectivity index (χ4v) is 3.29. The zero-order valence-electron chi connectivity index (χ0n) is 11.5. The number of amides is 2. The number of imide groups is 1. The van der Waals surface area contributed by atoms with Crippen molar-refractivity contribution in [2.24, 2.45) is 0 Å². The van der Waals surface area contributed by atoms with Crippen molar-refractivity contribution < 1.29 is 14.7 Å². The number of phenolic OH excluding ortho intramolecular Hbond substituents is 1. The molecule has 1 N–H and O–H groups in total. The number of carbonyl (C=O) groups excluding carboxylic acids is 2. The van der Waals surface area contributed by atoms with Gasteiger partial charge in [0.15, 0.2) is 0 Å². The SMILES string of the molecule is O=C1SC(=Cc2cc(Cl)ccc2O)C(=O)N1c1cccc(Cl)c1. The topological polar surface area (TPSA) is 57.6 Å². The van der Waals surface area contributed by atoms with Crippen LogP contribution in [0.3, 0.4) is 0 Å². The van der Waals surface area contributed by atoms with Crippen LogP contribution < -0.4 is 4.90 Å². The van der Waals surface area contributed by atoms with Crippen molar-refractivity contribution in [3.8, 4) is 5.75 Å². The standard InChI is InChI=1S/C16H9Cl2NO3S/c17-10-2-1-3-12(8-10)19-15(21)14(23-16(19)22)7-9-6-11(18)4-5-13(9)20/h1-8,20H. The summed E-state index contributed by atoms with van der Waals surface area (Å²) >= 11 is 12.6. The van der Waals surface area contributed by atoms with E-state index in [2.05, 4.69) is 0 Å². The van der Waals surface area contributed by atoms with Crippen molar-refractivity contribution >= 4 is 57.9 Å². The van der Waals surface area contributed by atoms with Gasteiger partial charge in [-0.25, -0.2) is 4.90 Å². The van der Waals surface area contributed by atoms with Gasteiger partial charge in [0.25, 0.3) is 11.1 Å². The lowest BCUT2D eigenvalue weighted by molar-refractivity contribution is -0.113. The molecule has 0 aromatic heterocycles. The molecule has 3 rings (SSSR count). The Morgan fingerprint density at radius 2 is 1.78 bits per heavy atom. The van der Waals surface area contributed by atoms with Crippen LogP contribution in [0.5, 0.6) is 5.75 Å². The first-order valence-electron chi connectivity index (χ1n) is 6.48. The van der Waals surface area contributed by atoms with E-state index in [0.29, 0.717) is 21.3 Å². The van der Waals surface area contributed by atoms with Gasteiger partial charge in [0, 0.05) is 15.6 Å². The zero-order valence-corrected chi connectivity index (χ0v) is 13.8. The molecule has 116 valence electrons. The van der Waals surface area contributed by atoms with E-state index in [4.69, 9.17) is 23.2 Å². The average Bonchev–Trinajstić information content (AvgIpc) is 2.77. The highest BCUT2D eigenvalue weighted by atomic mass is 35.5. The molecule has 2 amide bonds. The minimum atomic E-state index is -0.471. The van der Waals surface area contributed by atoms with Gasteiger partial charge < -0.3 is 5.11 Å². The van der Waals surface area contributed by atoms with Crippen LogP contribution in [0.15, 0.2) is 47.4 Å². The third-order valence-corrected chi connectivity index (χ3v) is 4.48. The molecule has 1 saturated heterocycles. The van der Waals surface area contributed by atoms with Crippen LogP contribution in [0.25, 0.3) is 6.08 Å². The third-order valence-electron chi connectivity index (χ3n) is 3.14. The predicted molar refractivity (Wildman–Crippen MR) is 93.0 cm³/mol.